The lowest BCUT2D eigenvalue weighted by atomic mass is 9.34. The second-order valence-electron chi connectivity index (χ2n) is 6.64. The van der Waals surface area contributed by atoms with E-state index in [1.807, 2.05) is 0 Å². The zero-order valence-electron chi connectivity index (χ0n) is 10.8. The summed E-state index contributed by atoms with van der Waals surface area (Å²) in [6, 6.07) is 0. The highest BCUT2D eigenvalue weighted by Crippen LogP contribution is 2.70. The summed E-state index contributed by atoms with van der Waals surface area (Å²) in [6.07, 6.45) is 4.82. The van der Waals surface area contributed by atoms with E-state index >= 15 is 0 Å². The van der Waals surface area contributed by atoms with Crippen LogP contribution >= 0.6 is 0 Å². The quantitative estimate of drug-likeness (QED) is 0.686. The highest BCUT2D eigenvalue weighted by Gasteiger charge is 2.68. The number of hydrogen-bond acceptors (Lipinski definition) is 2. The van der Waals surface area contributed by atoms with Crippen LogP contribution in [0.3, 0.4) is 0 Å². The molecule has 0 aromatic rings. The molecule has 4 aliphatic carbocycles. The van der Waals surface area contributed by atoms with E-state index in [0.717, 1.165) is 18.3 Å². The van der Waals surface area contributed by atoms with Gasteiger partial charge in [-0.1, -0.05) is 26.8 Å². The number of aldehydes is 1. The highest BCUT2D eigenvalue weighted by atomic mass is 16.1. The molecule has 4 bridgehead atoms. The molecule has 0 radical (unpaired) electrons. The van der Waals surface area contributed by atoms with E-state index in [9.17, 15) is 9.59 Å². The molecule has 2 heteroatoms. The van der Waals surface area contributed by atoms with Gasteiger partial charge in [-0.2, -0.15) is 0 Å². The maximum absolute atomic E-state index is 12.2. The molecule has 0 aromatic carbocycles. The third-order valence-electron chi connectivity index (χ3n) is 5.57. The van der Waals surface area contributed by atoms with Crippen molar-refractivity contribution < 1.29 is 9.59 Å². The van der Waals surface area contributed by atoms with Crippen LogP contribution in [0.25, 0.3) is 0 Å². The van der Waals surface area contributed by atoms with Gasteiger partial charge in [-0.15, -0.1) is 0 Å². The summed E-state index contributed by atoms with van der Waals surface area (Å²) in [5.41, 5.74) is 1.07. The van der Waals surface area contributed by atoms with Crippen LogP contribution in [0.15, 0.2) is 11.6 Å². The smallest absolute Gasteiger partial charge is 0.146 e. The van der Waals surface area contributed by atoms with Crippen molar-refractivity contribution in [3.8, 4) is 0 Å². The summed E-state index contributed by atoms with van der Waals surface area (Å²) in [7, 11) is 0. The van der Waals surface area contributed by atoms with Gasteiger partial charge < -0.3 is 0 Å². The Morgan fingerprint density at radius 2 is 2.18 bits per heavy atom. The fourth-order valence-corrected chi connectivity index (χ4v) is 4.99. The predicted octanol–water partition coefficient (Wildman–Crippen LogP) is 2.63. The van der Waals surface area contributed by atoms with Crippen LogP contribution in [0.4, 0.5) is 0 Å². The van der Waals surface area contributed by atoms with Gasteiger partial charge in [0.1, 0.15) is 12.1 Å². The van der Waals surface area contributed by atoms with E-state index in [2.05, 4.69) is 26.8 Å². The zero-order chi connectivity index (χ0) is 12.4. The topological polar surface area (TPSA) is 34.1 Å². The van der Waals surface area contributed by atoms with Crippen molar-refractivity contribution >= 4 is 12.1 Å². The van der Waals surface area contributed by atoms with E-state index < -0.39 is 0 Å². The summed E-state index contributed by atoms with van der Waals surface area (Å²) in [5.74, 6) is 2.49. The molecule has 5 atom stereocenters. The molecule has 2 nitrogen and oxygen atoms in total. The van der Waals surface area contributed by atoms with Gasteiger partial charge in [-0.25, -0.2) is 0 Å². The number of allylic oxidation sites excluding steroid dienone is 2. The summed E-state index contributed by atoms with van der Waals surface area (Å²) in [6.45, 7) is 6.50. The first-order chi connectivity index (χ1) is 8.00. The van der Waals surface area contributed by atoms with Gasteiger partial charge >= 0.3 is 0 Å². The molecule has 0 N–H and O–H groups in total. The van der Waals surface area contributed by atoms with Crippen LogP contribution in [0.1, 0.15) is 33.6 Å². The third kappa shape index (κ3) is 1.16. The van der Waals surface area contributed by atoms with E-state index in [1.165, 1.54) is 0 Å². The molecule has 0 heterocycles. The van der Waals surface area contributed by atoms with Crippen molar-refractivity contribution in [2.45, 2.75) is 33.6 Å². The minimum atomic E-state index is 0.0954. The lowest BCUT2D eigenvalue weighted by Gasteiger charge is -2.68. The summed E-state index contributed by atoms with van der Waals surface area (Å²) in [5, 5.41) is 0. The van der Waals surface area contributed by atoms with E-state index in [-0.39, 0.29) is 11.3 Å². The SMILES string of the molecule is CC(C)[C@@H]1C(=O)CC2(C)C3C(C=O)=CC[C@@H]2[C@H]31. The number of carbonyl (C=O) groups is 2. The predicted molar refractivity (Wildman–Crippen MR) is 65.3 cm³/mol. The van der Waals surface area contributed by atoms with Crippen molar-refractivity contribution in [3.05, 3.63) is 11.6 Å². The van der Waals surface area contributed by atoms with Gasteiger partial charge in [0.25, 0.3) is 0 Å². The number of ketones is 1. The molecule has 4 rings (SSSR count). The van der Waals surface area contributed by atoms with Gasteiger partial charge in [-0.3, -0.25) is 9.59 Å². The van der Waals surface area contributed by atoms with Gasteiger partial charge in [0.2, 0.25) is 0 Å². The maximum Gasteiger partial charge on any atom is 0.146 e. The zero-order valence-corrected chi connectivity index (χ0v) is 10.8. The first-order valence-electron chi connectivity index (χ1n) is 6.68. The highest BCUT2D eigenvalue weighted by molar-refractivity contribution is 5.87. The molecule has 17 heavy (non-hydrogen) atoms. The largest absolute Gasteiger partial charge is 0.299 e. The summed E-state index contributed by atoms with van der Waals surface area (Å²) >= 11 is 0. The first-order valence-corrected chi connectivity index (χ1v) is 6.68. The molecule has 0 amide bonds. The molecule has 3 saturated carbocycles. The Hall–Kier alpha value is -0.920. The Bertz CT molecular complexity index is 421. The lowest BCUT2D eigenvalue weighted by Crippen LogP contribution is -2.67. The number of Topliss-reactive ketones (excluding diaryl/α,β-unsaturated/α-hetero) is 1. The van der Waals surface area contributed by atoms with E-state index in [4.69, 9.17) is 0 Å². The van der Waals surface area contributed by atoms with Crippen molar-refractivity contribution in [1.29, 1.82) is 0 Å². The molecule has 4 aliphatic rings. The van der Waals surface area contributed by atoms with Gasteiger partial charge in [0.05, 0.1) is 0 Å². The maximum atomic E-state index is 12.2. The normalized spacial score (nSPS) is 47.5. The average Bonchev–Trinajstić information content (AvgIpc) is 2.27. The number of hydrogen-bond donors (Lipinski definition) is 0. The third-order valence-corrected chi connectivity index (χ3v) is 5.57. The van der Waals surface area contributed by atoms with Crippen LogP contribution in [0.2, 0.25) is 0 Å². The Kier molecular flexibility index (Phi) is 2.17. The standard InChI is InChI=1S/C15H20O2/c1-8(2)12-11(17)6-15(3)10-5-4-9(7-16)14(15)13(10)12/h4,7-8,10,12-14H,5-6H2,1-3H3/t10-,12-,13+,14?,15?/m1/s1. The molecule has 92 valence electrons. The van der Waals surface area contributed by atoms with Crippen molar-refractivity contribution in [2.24, 2.45) is 35.0 Å². The molecule has 0 spiro atoms. The van der Waals surface area contributed by atoms with Crippen LogP contribution in [0, 0.1) is 35.0 Å². The van der Waals surface area contributed by atoms with Crippen molar-refractivity contribution in [1.82, 2.24) is 0 Å². The van der Waals surface area contributed by atoms with E-state index in [1.54, 1.807) is 0 Å². The van der Waals surface area contributed by atoms with Crippen LogP contribution < -0.4 is 0 Å². The summed E-state index contributed by atoms with van der Waals surface area (Å²) < 4.78 is 0. The molecule has 0 aromatic heterocycles. The second kappa shape index (κ2) is 3.30. The Labute approximate surface area is 102 Å². The minimum absolute atomic E-state index is 0.0954. The molecule has 0 saturated heterocycles. The Balaban J connectivity index is 2.02. The fraction of sp³-hybridized carbons (Fsp3) is 0.733. The van der Waals surface area contributed by atoms with Gasteiger partial charge in [0.15, 0.2) is 0 Å². The van der Waals surface area contributed by atoms with Crippen LogP contribution in [-0.4, -0.2) is 12.1 Å². The monoisotopic (exact) mass is 232 g/mol. The molecule has 2 unspecified atom stereocenters. The first kappa shape index (κ1) is 11.2. The Morgan fingerprint density at radius 3 is 2.76 bits per heavy atom. The average molecular weight is 232 g/mol. The van der Waals surface area contributed by atoms with E-state index in [0.29, 0.717) is 35.9 Å². The fourth-order valence-electron chi connectivity index (χ4n) is 4.99. The molecular weight excluding hydrogens is 212 g/mol. The number of fused-ring (bicyclic) bond motifs is 2. The van der Waals surface area contributed by atoms with Crippen molar-refractivity contribution in [3.63, 3.8) is 0 Å². The van der Waals surface area contributed by atoms with Gasteiger partial charge in [0, 0.05) is 12.3 Å². The lowest BCUT2D eigenvalue weighted by molar-refractivity contribution is -0.188. The molecule has 3 fully saturated rings. The summed E-state index contributed by atoms with van der Waals surface area (Å²) in [4.78, 5) is 23.4. The number of carbonyl (C=O) groups excluding carboxylic acids is 2. The second-order valence-corrected chi connectivity index (χ2v) is 6.64. The molecule has 0 aliphatic heterocycles. The number of rotatable bonds is 2. The Morgan fingerprint density at radius 1 is 1.47 bits per heavy atom. The minimum Gasteiger partial charge on any atom is -0.299 e. The van der Waals surface area contributed by atoms with Crippen LogP contribution in [-0.2, 0) is 9.59 Å². The van der Waals surface area contributed by atoms with Gasteiger partial charge in [-0.05, 0) is 41.1 Å². The van der Waals surface area contributed by atoms with Crippen LogP contribution in [0.5, 0.6) is 0 Å². The van der Waals surface area contributed by atoms with Crippen molar-refractivity contribution in [2.75, 3.05) is 0 Å². The molecular formula is C15H20O2.